The normalized spacial score (nSPS) is 11.6. The number of para-hydroxylation sites is 3. The summed E-state index contributed by atoms with van der Waals surface area (Å²) in [5.74, 6) is 0. The highest BCUT2D eigenvalue weighted by atomic mass is 79.9. The van der Waals surface area contributed by atoms with Gasteiger partial charge in [0.1, 0.15) is 0 Å². The average molecular weight is 596 g/mol. The van der Waals surface area contributed by atoms with E-state index in [-0.39, 0.29) is 0 Å². The van der Waals surface area contributed by atoms with E-state index >= 15 is 0 Å². The lowest BCUT2D eigenvalue weighted by atomic mass is 10.1. The van der Waals surface area contributed by atoms with E-state index in [0.717, 1.165) is 21.5 Å². The van der Waals surface area contributed by atoms with Gasteiger partial charge >= 0.3 is 0 Å². The van der Waals surface area contributed by atoms with Crippen LogP contribution < -0.4 is 4.90 Å². The number of fused-ring (bicyclic) bond motifs is 6. The molecule has 0 N–H and O–H groups in total. The molecule has 0 aliphatic heterocycles. The van der Waals surface area contributed by atoms with Gasteiger partial charge in [0.05, 0.1) is 11.0 Å². The van der Waals surface area contributed by atoms with Gasteiger partial charge in [-0.1, -0.05) is 88.7 Å². The first kappa shape index (κ1) is 23.5. The maximum atomic E-state index is 3.80. The molecular weight excluding hydrogens is 572 g/mol. The number of hydrogen-bond acceptors (Lipinski definition) is 2. The van der Waals surface area contributed by atoms with Gasteiger partial charge in [-0.15, -0.1) is 11.3 Å². The summed E-state index contributed by atoms with van der Waals surface area (Å²) in [5.41, 5.74) is 7.05. The predicted octanol–water partition coefficient (Wildman–Crippen LogP) is 11.4. The van der Waals surface area contributed by atoms with Crippen LogP contribution in [0.25, 0.3) is 47.7 Å². The number of benzene rings is 6. The van der Waals surface area contributed by atoms with Crippen LogP contribution in [0.5, 0.6) is 0 Å². The molecule has 6 aromatic carbocycles. The van der Waals surface area contributed by atoms with Crippen LogP contribution in [0.1, 0.15) is 0 Å². The molecule has 40 heavy (non-hydrogen) atoms. The number of aromatic nitrogens is 1. The third-order valence-electron chi connectivity index (χ3n) is 7.63. The molecule has 8 rings (SSSR count). The standard InChI is InChI=1S/C36H23BrN2S/c37-31-15-9-17-33-36(31)30-14-7-8-16-32(30)39(33)27-19-21-29-28-20-18-26(22-34(28)40-35(29)23-27)38(24-10-3-1-4-11-24)25-12-5-2-6-13-25/h1-23H. The first-order chi connectivity index (χ1) is 19.8. The van der Waals surface area contributed by atoms with E-state index < -0.39 is 0 Å². The second-order valence-corrected chi connectivity index (χ2v) is 11.9. The molecule has 0 bridgehead atoms. The third-order valence-corrected chi connectivity index (χ3v) is 9.41. The molecule has 0 atom stereocenters. The number of anilines is 3. The van der Waals surface area contributed by atoms with Crippen molar-refractivity contribution in [2.75, 3.05) is 4.90 Å². The molecule has 2 aromatic heterocycles. The Morgan fingerprint density at radius 1 is 0.500 bits per heavy atom. The van der Waals surface area contributed by atoms with Crippen molar-refractivity contribution in [1.82, 2.24) is 4.57 Å². The summed E-state index contributed by atoms with van der Waals surface area (Å²) in [6.45, 7) is 0. The summed E-state index contributed by atoms with van der Waals surface area (Å²) in [4.78, 5) is 2.32. The highest BCUT2D eigenvalue weighted by Crippen LogP contribution is 2.42. The van der Waals surface area contributed by atoms with Gasteiger partial charge in [-0.25, -0.2) is 0 Å². The second kappa shape index (κ2) is 9.37. The van der Waals surface area contributed by atoms with Crippen molar-refractivity contribution in [3.05, 3.63) is 144 Å². The minimum Gasteiger partial charge on any atom is -0.310 e. The number of halogens is 1. The van der Waals surface area contributed by atoms with Gasteiger partial charge in [-0.2, -0.15) is 0 Å². The topological polar surface area (TPSA) is 8.17 Å². The second-order valence-electron chi connectivity index (χ2n) is 9.96. The van der Waals surface area contributed by atoms with Gasteiger partial charge in [0, 0.05) is 58.2 Å². The Morgan fingerprint density at radius 2 is 1.12 bits per heavy atom. The van der Waals surface area contributed by atoms with Crippen molar-refractivity contribution < 1.29 is 0 Å². The van der Waals surface area contributed by atoms with E-state index in [4.69, 9.17) is 0 Å². The Kier molecular flexibility index (Phi) is 5.51. The van der Waals surface area contributed by atoms with E-state index in [2.05, 4.69) is 165 Å². The Hall–Kier alpha value is -4.38. The Morgan fingerprint density at radius 3 is 1.88 bits per heavy atom. The summed E-state index contributed by atoms with van der Waals surface area (Å²) in [7, 11) is 0. The van der Waals surface area contributed by atoms with Crippen molar-refractivity contribution >= 4 is 86.3 Å². The smallest absolute Gasteiger partial charge is 0.0552 e. The summed E-state index contributed by atoms with van der Waals surface area (Å²) in [6.07, 6.45) is 0. The fourth-order valence-corrected chi connectivity index (χ4v) is 7.63. The van der Waals surface area contributed by atoms with Crippen molar-refractivity contribution in [2.45, 2.75) is 0 Å². The van der Waals surface area contributed by atoms with Gasteiger partial charge < -0.3 is 9.47 Å². The maximum Gasteiger partial charge on any atom is 0.0552 e. The lowest BCUT2D eigenvalue weighted by Crippen LogP contribution is -2.09. The highest BCUT2D eigenvalue weighted by Gasteiger charge is 2.17. The number of hydrogen-bond donors (Lipinski definition) is 0. The monoisotopic (exact) mass is 594 g/mol. The number of rotatable bonds is 4. The molecule has 8 aromatic rings. The highest BCUT2D eigenvalue weighted by molar-refractivity contribution is 9.10. The SMILES string of the molecule is Brc1cccc2c1c1ccccc1n2-c1ccc2c(c1)sc1cc(N(c3ccccc3)c3ccccc3)ccc12. The average Bonchev–Trinajstić information content (AvgIpc) is 3.54. The van der Waals surface area contributed by atoms with Crippen LogP contribution in [-0.2, 0) is 0 Å². The van der Waals surface area contributed by atoms with Crippen LogP contribution in [0.15, 0.2) is 144 Å². The van der Waals surface area contributed by atoms with Crippen molar-refractivity contribution in [2.24, 2.45) is 0 Å². The molecule has 0 amide bonds. The quantitative estimate of drug-likeness (QED) is 0.197. The van der Waals surface area contributed by atoms with Crippen molar-refractivity contribution in [3.8, 4) is 5.69 Å². The molecule has 0 aliphatic carbocycles. The molecule has 190 valence electrons. The lowest BCUT2D eigenvalue weighted by Gasteiger charge is -2.25. The van der Waals surface area contributed by atoms with Crippen molar-refractivity contribution in [1.29, 1.82) is 0 Å². The van der Waals surface area contributed by atoms with E-state index in [1.165, 1.54) is 47.7 Å². The summed E-state index contributed by atoms with van der Waals surface area (Å²) in [6, 6.07) is 50.0. The molecular formula is C36H23BrN2S. The zero-order valence-electron chi connectivity index (χ0n) is 21.5. The first-order valence-electron chi connectivity index (χ1n) is 13.3. The molecule has 2 heterocycles. The van der Waals surface area contributed by atoms with Gasteiger partial charge in [0.15, 0.2) is 0 Å². The lowest BCUT2D eigenvalue weighted by molar-refractivity contribution is 1.19. The molecule has 2 nitrogen and oxygen atoms in total. The molecule has 0 spiro atoms. The molecule has 0 aliphatic rings. The zero-order valence-corrected chi connectivity index (χ0v) is 23.9. The van der Waals surface area contributed by atoms with Crippen LogP contribution in [0.4, 0.5) is 17.1 Å². The largest absolute Gasteiger partial charge is 0.310 e. The molecule has 0 fully saturated rings. The minimum absolute atomic E-state index is 1.12. The summed E-state index contributed by atoms with van der Waals surface area (Å²) in [5, 5.41) is 5.10. The van der Waals surface area contributed by atoms with Gasteiger partial charge in [-0.05, 0) is 66.7 Å². The number of nitrogens with zero attached hydrogens (tertiary/aromatic N) is 2. The van der Waals surface area contributed by atoms with E-state index in [1.54, 1.807) is 0 Å². The molecule has 0 radical (unpaired) electrons. The third kappa shape index (κ3) is 3.68. The van der Waals surface area contributed by atoms with E-state index in [9.17, 15) is 0 Å². The van der Waals surface area contributed by atoms with Gasteiger partial charge in [0.2, 0.25) is 0 Å². The van der Waals surface area contributed by atoms with Crippen LogP contribution in [0.3, 0.4) is 0 Å². The van der Waals surface area contributed by atoms with Crippen LogP contribution in [0.2, 0.25) is 0 Å². The minimum atomic E-state index is 1.12. The van der Waals surface area contributed by atoms with E-state index in [0.29, 0.717) is 0 Å². The maximum absolute atomic E-state index is 3.80. The summed E-state index contributed by atoms with van der Waals surface area (Å²) >= 11 is 5.66. The van der Waals surface area contributed by atoms with Gasteiger partial charge in [-0.3, -0.25) is 0 Å². The van der Waals surface area contributed by atoms with Crippen molar-refractivity contribution in [3.63, 3.8) is 0 Å². The predicted molar refractivity (Wildman–Crippen MR) is 176 cm³/mol. The summed E-state index contributed by atoms with van der Waals surface area (Å²) < 4.78 is 6.08. The molecule has 4 heteroatoms. The Bertz CT molecular complexity index is 2140. The first-order valence-corrected chi connectivity index (χ1v) is 14.9. The van der Waals surface area contributed by atoms with Gasteiger partial charge in [0.25, 0.3) is 0 Å². The fourth-order valence-electron chi connectivity index (χ4n) is 5.89. The zero-order chi connectivity index (χ0) is 26.6. The molecule has 0 saturated heterocycles. The molecule has 0 unspecified atom stereocenters. The van der Waals surface area contributed by atoms with Crippen LogP contribution in [-0.4, -0.2) is 4.57 Å². The molecule has 0 saturated carbocycles. The van der Waals surface area contributed by atoms with Crippen LogP contribution >= 0.6 is 27.3 Å². The van der Waals surface area contributed by atoms with Crippen LogP contribution in [0, 0.1) is 0 Å². The van der Waals surface area contributed by atoms with E-state index in [1.807, 2.05) is 11.3 Å². The number of thiophene rings is 1. The Balaban J connectivity index is 1.31. The Labute approximate surface area is 244 Å². The fraction of sp³-hybridized carbons (Fsp3) is 0.